The van der Waals surface area contributed by atoms with Crippen LogP contribution in [-0.2, 0) is 17.8 Å². The van der Waals surface area contributed by atoms with Crippen molar-refractivity contribution in [2.75, 3.05) is 18.0 Å². The van der Waals surface area contributed by atoms with Crippen molar-refractivity contribution in [2.45, 2.75) is 13.0 Å². The Kier molecular flexibility index (Phi) is 4.02. The molecule has 0 bridgehead atoms. The Bertz CT molecular complexity index is 1020. The van der Waals surface area contributed by atoms with Crippen LogP contribution in [0.3, 0.4) is 0 Å². The molecule has 5 heteroatoms. The monoisotopic (exact) mass is 372 g/mol. The predicted octanol–water partition coefficient (Wildman–Crippen LogP) is 4.22. The zero-order chi connectivity index (χ0) is 19.1. The first-order valence-electron chi connectivity index (χ1n) is 9.41. The molecule has 3 aromatic carbocycles. The van der Waals surface area contributed by atoms with E-state index < -0.39 is 0 Å². The maximum atomic E-state index is 13.4. The van der Waals surface area contributed by atoms with E-state index in [1.807, 2.05) is 60.7 Å². The molecular weight excluding hydrogens is 352 g/mol. The lowest BCUT2D eigenvalue weighted by Crippen LogP contribution is -2.41. The average molecular weight is 372 g/mol. The third-order valence-electron chi connectivity index (χ3n) is 5.37. The van der Waals surface area contributed by atoms with Crippen LogP contribution in [0, 0.1) is 0 Å². The standard InChI is InChI=1S/C23H20N2O3/c26-20-9-5-6-16-12-13-24(14-17(16)20)15-23(27)25-18-7-1-3-10-21(18)28-22-11-4-2-8-19(22)25/h1-11,26H,12-15H2. The van der Waals surface area contributed by atoms with E-state index in [2.05, 4.69) is 4.90 Å². The molecule has 0 atom stereocenters. The molecule has 5 rings (SSSR count). The fourth-order valence-electron chi connectivity index (χ4n) is 3.99. The zero-order valence-corrected chi connectivity index (χ0v) is 15.3. The number of aromatic hydroxyl groups is 1. The van der Waals surface area contributed by atoms with Crippen molar-refractivity contribution in [2.24, 2.45) is 0 Å². The Morgan fingerprint density at radius 1 is 0.929 bits per heavy atom. The molecule has 2 aliphatic rings. The summed E-state index contributed by atoms with van der Waals surface area (Å²) in [4.78, 5) is 17.2. The molecule has 5 nitrogen and oxygen atoms in total. The first-order valence-corrected chi connectivity index (χ1v) is 9.41. The number of nitrogens with zero attached hydrogens (tertiary/aromatic N) is 2. The van der Waals surface area contributed by atoms with E-state index in [9.17, 15) is 9.90 Å². The molecule has 0 aliphatic carbocycles. The van der Waals surface area contributed by atoms with Gasteiger partial charge in [-0.1, -0.05) is 36.4 Å². The van der Waals surface area contributed by atoms with E-state index in [4.69, 9.17) is 4.74 Å². The number of hydrogen-bond acceptors (Lipinski definition) is 4. The highest BCUT2D eigenvalue weighted by atomic mass is 16.5. The fraction of sp³-hybridized carbons (Fsp3) is 0.174. The average Bonchev–Trinajstić information content (AvgIpc) is 2.72. The SMILES string of the molecule is O=C(CN1CCc2cccc(O)c2C1)N1c2ccccc2Oc2ccccc21. The Morgan fingerprint density at radius 2 is 1.61 bits per heavy atom. The molecule has 1 amide bonds. The van der Waals surface area contributed by atoms with Crippen LogP contribution in [0.5, 0.6) is 17.2 Å². The molecule has 2 aliphatic heterocycles. The second kappa shape index (κ2) is 6.69. The van der Waals surface area contributed by atoms with Crippen LogP contribution >= 0.6 is 0 Å². The Morgan fingerprint density at radius 3 is 2.32 bits per heavy atom. The largest absolute Gasteiger partial charge is 0.508 e. The van der Waals surface area contributed by atoms with Crippen molar-refractivity contribution >= 4 is 17.3 Å². The van der Waals surface area contributed by atoms with Gasteiger partial charge in [0.05, 0.1) is 17.9 Å². The zero-order valence-electron chi connectivity index (χ0n) is 15.3. The van der Waals surface area contributed by atoms with Crippen molar-refractivity contribution in [3.8, 4) is 17.2 Å². The number of phenolic OH excluding ortho intramolecular Hbond substituents is 1. The summed E-state index contributed by atoms with van der Waals surface area (Å²) in [5.74, 6) is 1.64. The van der Waals surface area contributed by atoms with Gasteiger partial charge in [0, 0.05) is 18.7 Å². The van der Waals surface area contributed by atoms with Crippen LogP contribution in [0.4, 0.5) is 11.4 Å². The van der Waals surface area contributed by atoms with Gasteiger partial charge in [-0.2, -0.15) is 0 Å². The van der Waals surface area contributed by atoms with Crippen LogP contribution < -0.4 is 9.64 Å². The summed E-state index contributed by atoms with van der Waals surface area (Å²) in [5, 5.41) is 10.2. The summed E-state index contributed by atoms with van der Waals surface area (Å²) in [6, 6.07) is 20.8. The highest BCUT2D eigenvalue weighted by Crippen LogP contribution is 2.46. The normalized spacial score (nSPS) is 15.2. The van der Waals surface area contributed by atoms with E-state index >= 15 is 0 Å². The van der Waals surface area contributed by atoms with Gasteiger partial charge in [0.15, 0.2) is 11.5 Å². The van der Waals surface area contributed by atoms with Crippen molar-refractivity contribution in [1.82, 2.24) is 4.90 Å². The van der Waals surface area contributed by atoms with Gasteiger partial charge in [0.25, 0.3) is 0 Å². The lowest BCUT2D eigenvalue weighted by molar-refractivity contribution is -0.119. The van der Waals surface area contributed by atoms with Crippen LogP contribution in [0.15, 0.2) is 66.7 Å². The van der Waals surface area contributed by atoms with E-state index in [0.717, 1.165) is 35.5 Å². The Labute approximate surface area is 163 Å². The van der Waals surface area contributed by atoms with Gasteiger partial charge in [0.2, 0.25) is 5.91 Å². The molecule has 0 saturated carbocycles. The summed E-state index contributed by atoms with van der Waals surface area (Å²) < 4.78 is 5.97. The van der Waals surface area contributed by atoms with E-state index in [1.165, 1.54) is 0 Å². The highest BCUT2D eigenvalue weighted by Gasteiger charge is 2.30. The van der Waals surface area contributed by atoms with Gasteiger partial charge in [-0.25, -0.2) is 0 Å². The lowest BCUT2D eigenvalue weighted by atomic mass is 9.99. The second-order valence-corrected chi connectivity index (χ2v) is 7.14. The minimum Gasteiger partial charge on any atom is -0.508 e. The second-order valence-electron chi connectivity index (χ2n) is 7.14. The third kappa shape index (κ3) is 2.80. The fourth-order valence-corrected chi connectivity index (χ4v) is 3.99. The molecule has 0 saturated heterocycles. The number of carbonyl (C=O) groups is 1. The van der Waals surface area contributed by atoms with E-state index in [1.54, 1.807) is 11.0 Å². The van der Waals surface area contributed by atoms with Crippen LogP contribution in [0.25, 0.3) is 0 Å². The molecule has 0 unspecified atom stereocenters. The van der Waals surface area contributed by atoms with E-state index in [0.29, 0.717) is 23.8 Å². The van der Waals surface area contributed by atoms with E-state index in [-0.39, 0.29) is 12.5 Å². The number of carbonyl (C=O) groups excluding carboxylic acids is 1. The number of amides is 1. The molecular formula is C23H20N2O3. The highest BCUT2D eigenvalue weighted by molar-refractivity contribution is 6.05. The quantitative estimate of drug-likeness (QED) is 0.732. The van der Waals surface area contributed by atoms with Gasteiger partial charge in [-0.05, 0) is 42.3 Å². The topological polar surface area (TPSA) is 53.0 Å². The van der Waals surface area contributed by atoms with Crippen LogP contribution in [0.1, 0.15) is 11.1 Å². The van der Waals surface area contributed by atoms with Gasteiger partial charge >= 0.3 is 0 Å². The van der Waals surface area contributed by atoms with Gasteiger partial charge in [-0.15, -0.1) is 0 Å². The number of benzene rings is 3. The van der Waals surface area contributed by atoms with Crippen molar-refractivity contribution in [1.29, 1.82) is 0 Å². The van der Waals surface area contributed by atoms with Crippen molar-refractivity contribution in [3.63, 3.8) is 0 Å². The predicted molar refractivity (Wildman–Crippen MR) is 107 cm³/mol. The Balaban J connectivity index is 1.44. The number of anilines is 2. The lowest BCUT2D eigenvalue weighted by Gasteiger charge is -2.34. The molecule has 0 radical (unpaired) electrons. The molecule has 1 N–H and O–H groups in total. The Hall–Kier alpha value is -3.31. The summed E-state index contributed by atoms with van der Waals surface area (Å²) in [6.45, 7) is 1.63. The molecule has 28 heavy (non-hydrogen) atoms. The maximum Gasteiger partial charge on any atom is 0.245 e. The minimum atomic E-state index is -0.0120. The first kappa shape index (κ1) is 16.8. The molecule has 3 aromatic rings. The number of hydrogen-bond donors (Lipinski definition) is 1. The third-order valence-corrected chi connectivity index (χ3v) is 5.37. The van der Waals surface area contributed by atoms with Gasteiger partial charge < -0.3 is 9.84 Å². The van der Waals surface area contributed by atoms with Crippen molar-refractivity contribution in [3.05, 3.63) is 77.9 Å². The number of ether oxygens (including phenoxy) is 1. The number of phenols is 1. The van der Waals surface area contributed by atoms with Crippen molar-refractivity contribution < 1.29 is 14.6 Å². The van der Waals surface area contributed by atoms with Crippen LogP contribution in [-0.4, -0.2) is 29.0 Å². The summed E-state index contributed by atoms with van der Waals surface area (Å²) in [5.41, 5.74) is 3.59. The minimum absolute atomic E-state index is 0.0120. The smallest absolute Gasteiger partial charge is 0.245 e. The van der Waals surface area contributed by atoms with Crippen LogP contribution in [0.2, 0.25) is 0 Å². The molecule has 0 fully saturated rings. The number of fused-ring (bicyclic) bond motifs is 3. The maximum absolute atomic E-state index is 13.4. The molecule has 140 valence electrons. The first-order chi connectivity index (χ1) is 13.7. The number of rotatable bonds is 2. The van der Waals surface area contributed by atoms with Gasteiger partial charge in [0.1, 0.15) is 5.75 Å². The van der Waals surface area contributed by atoms with Gasteiger partial charge in [-0.3, -0.25) is 14.6 Å². The molecule has 0 spiro atoms. The number of para-hydroxylation sites is 4. The molecule has 2 heterocycles. The summed E-state index contributed by atoms with van der Waals surface area (Å²) in [6.07, 6.45) is 0.827. The molecule has 0 aromatic heterocycles. The summed E-state index contributed by atoms with van der Waals surface area (Å²) in [7, 11) is 0. The summed E-state index contributed by atoms with van der Waals surface area (Å²) >= 11 is 0.